The van der Waals surface area contributed by atoms with Crippen LogP contribution in [0.1, 0.15) is 47.0 Å². The highest BCUT2D eigenvalue weighted by atomic mass is 16.6. The van der Waals surface area contributed by atoms with Crippen molar-refractivity contribution in [2.24, 2.45) is 5.73 Å². The second kappa shape index (κ2) is 8.39. The molecule has 0 saturated carbocycles. The first-order valence-corrected chi connectivity index (χ1v) is 6.60. The molecule has 0 rings (SSSR count). The number of amides is 2. The van der Waals surface area contributed by atoms with Gasteiger partial charge < -0.3 is 20.5 Å². The molecule has 0 unspecified atom stereocenters. The molecular weight excluding hydrogens is 264 g/mol. The second-order valence-corrected chi connectivity index (χ2v) is 5.36. The molecule has 20 heavy (non-hydrogen) atoms. The Morgan fingerprint density at radius 2 is 1.85 bits per heavy atom. The van der Waals surface area contributed by atoms with E-state index in [1.165, 1.54) is 0 Å². The van der Waals surface area contributed by atoms with E-state index in [1.807, 2.05) is 6.92 Å². The van der Waals surface area contributed by atoms with Gasteiger partial charge in [0.15, 0.2) is 0 Å². The molecule has 116 valence electrons. The van der Waals surface area contributed by atoms with Crippen LogP contribution in [0.25, 0.3) is 0 Å². The molecule has 0 aliphatic rings. The highest BCUT2D eigenvalue weighted by Crippen LogP contribution is 2.08. The maximum Gasteiger partial charge on any atom is 0.408 e. The third-order valence-corrected chi connectivity index (χ3v) is 2.14. The van der Waals surface area contributed by atoms with Gasteiger partial charge in [0.1, 0.15) is 11.6 Å². The third kappa shape index (κ3) is 9.18. The normalized spacial score (nSPS) is 12.4. The summed E-state index contributed by atoms with van der Waals surface area (Å²) < 4.78 is 9.89. The molecule has 0 heterocycles. The number of ether oxygens (including phenoxy) is 2. The van der Waals surface area contributed by atoms with E-state index < -0.39 is 29.6 Å². The molecule has 0 bridgehead atoms. The summed E-state index contributed by atoms with van der Waals surface area (Å²) in [5.41, 5.74) is 4.50. The molecule has 0 saturated heterocycles. The fourth-order valence-electron chi connectivity index (χ4n) is 1.29. The first kappa shape index (κ1) is 18.2. The van der Waals surface area contributed by atoms with E-state index in [1.54, 1.807) is 20.8 Å². The van der Waals surface area contributed by atoms with Crippen LogP contribution in [0.3, 0.4) is 0 Å². The Hall–Kier alpha value is -1.79. The summed E-state index contributed by atoms with van der Waals surface area (Å²) >= 11 is 0. The van der Waals surface area contributed by atoms with Gasteiger partial charge in [-0.1, -0.05) is 6.92 Å². The van der Waals surface area contributed by atoms with Gasteiger partial charge in [-0.15, -0.1) is 0 Å². The van der Waals surface area contributed by atoms with Gasteiger partial charge in [-0.2, -0.15) is 0 Å². The van der Waals surface area contributed by atoms with Gasteiger partial charge >= 0.3 is 12.1 Å². The minimum Gasteiger partial charge on any atom is -0.466 e. The van der Waals surface area contributed by atoms with Gasteiger partial charge in [-0.3, -0.25) is 9.59 Å². The van der Waals surface area contributed by atoms with Crippen molar-refractivity contribution in [1.29, 1.82) is 0 Å². The van der Waals surface area contributed by atoms with Crippen LogP contribution in [0.5, 0.6) is 0 Å². The van der Waals surface area contributed by atoms with Crippen LogP contribution >= 0.6 is 0 Å². The number of alkyl carbamates (subject to hydrolysis) is 1. The number of nitrogens with one attached hydrogen (secondary N) is 1. The largest absolute Gasteiger partial charge is 0.466 e. The van der Waals surface area contributed by atoms with Crippen molar-refractivity contribution < 1.29 is 23.9 Å². The van der Waals surface area contributed by atoms with Gasteiger partial charge in [0, 0.05) is 6.42 Å². The van der Waals surface area contributed by atoms with Gasteiger partial charge in [-0.25, -0.2) is 4.79 Å². The van der Waals surface area contributed by atoms with Crippen molar-refractivity contribution in [3.63, 3.8) is 0 Å². The fourth-order valence-corrected chi connectivity index (χ4v) is 1.29. The Labute approximate surface area is 119 Å². The molecule has 7 heteroatoms. The van der Waals surface area contributed by atoms with Gasteiger partial charge in [0.2, 0.25) is 5.91 Å². The standard InChI is InChI=1S/C13H24N2O5/c1-5-8-19-10(16)7-6-9(11(14)17)15-12(18)20-13(2,3)4/h9H,5-8H2,1-4H3,(H2,14,17)(H,15,18)/t9-/m1/s1. The molecule has 3 N–H and O–H groups in total. The van der Waals surface area contributed by atoms with Crippen molar-refractivity contribution in [3.05, 3.63) is 0 Å². The van der Waals surface area contributed by atoms with Crippen LogP contribution in [0.15, 0.2) is 0 Å². The quantitative estimate of drug-likeness (QED) is 0.682. The summed E-state index contributed by atoms with van der Waals surface area (Å²) in [6.07, 6.45) is 0.0602. The van der Waals surface area contributed by atoms with Crippen LogP contribution in [0.2, 0.25) is 0 Å². The molecule has 7 nitrogen and oxygen atoms in total. The van der Waals surface area contributed by atoms with Crippen molar-refractivity contribution in [2.75, 3.05) is 6.61 Å². The molecule has 0 aliphatic carbocycles. The molecule has 2 amide bonds. The Morgan fingerprint density at radius 3 is 2.30 bits per heavy atom. The molecule has 0 aromatic carbocycles. The highest BCUT2D eigenvalue weighted by molar-refractivity contribution is 5.84. The summed E-state index contributed by atoms with van der Waals surface area (Å²) in [5.74, 6) is -1.15. The zero-order valence-electron chi connectivity index (χ0n) is 12.5. The zero-order chi connectivity index (χ0) is 15.8. The van der Waals surface area contributed by atoms with E-state index in [9.17, 15) is 14.4 Å². The van der Waals surface area contributed by atoms with Gasteiger partial charge in [0.25, 0.3) is 0 Å². The van der Waals surface area contributed by atoms with Gasteiger partial charge in [0.05, 0.1) is 6.61 Å². The van der Waals surface area contributed by atoms with E-state index in [0.717, 1.165) is 6.42 Å². The monoisotopic (exact) mass is 288 g/mol. The molecule has 0 fully saturated rings. The summed E-state index contributed by atoms with van der Waals surface area (Å²) in [6.45, 7) is 7.32. The molecule has 0 radical (unpaired) electrons. The predicted molar refractivity (Wildman–Crippen MR) is 72.8 cm³/mol. The third-order valence-electron chi connectivity index (χ3n) is 2.14. The van der Waals surface area contributed by atoms with Crippen molar-refractivity contribution in [1.82, 2.24) is 5.32 Å². The molecule has 0 aliphatic heterocycles. The van der Waals surface area contributed by atoms with Crippen molar-refractivity contribution >= 4 is 18.0 Å². The minimum atomic E-state index is -0.959. The van der Waals surface area contributed by atoms with Crippen LogP contribution in [0.4, 0.5) is 4.79 Å². The maximum absolute atomic E-state index is 11.5. The number of hydrogen-bond acceptors (Lipinski definition) is 5. The van der Waals surface area contributed by atoms with E-state index in [-0.39, 0.29) is 12.8 Å². The summed E-state index contributed by atoms with van der Waals surface area (Å²) in [6, 6.07) is -0.959. The molecule has 0 aromatic rings. The number of carbonyl (C=O) groups excluding carboxylic acids is 3. The molecular formula is C13H24N2O5. The fraction of sp³-hybridized carbons (Fsp3) is 0.769. The number of primary amides is 1. The molecule has 0 aromatic heterocycles. The summed E-state index contributed by atoms with van der Waals surface area (Å²) in [4.78, 5) is 34.1. The van der Waals surface area contributed by atoms with E-state index in [2.05, 4.69) is 5.32 Å². The van der Waals surface area contributed by atoms with Crippen LogP contribution < -0.4 is 11.1 Å². The average molecular weight is 288 g/mol. The number of nitrogens with two attached hydrogens (primary N) is 1. The van der Waals surface area contributed by atoms with E-state index in [0.29, 0.717) is 6.61 Å². The smallest absolute Gasteiger partial charge is 0.408 e. The van der Waals surface area contributed by atoms with Gasteiger partial charge in [-0.05, 0) is 33.6 Å². The highest BCUT2D eigenvalue weighted by Gasteiger charge is 2.23. The van der Waals surface area contributed by atoms with E-state index in [4.69, 9.17) is 15.2 Å². The maximum atomic E-state index is 11.5. The van der Waals surface area contributed by atoms with Crippen LogP contribution in [-0.2, 0) is 19.1 Å². The molecule has 1 atom stereocenters. The SMILES string of the molecule is CCCOC(=O)CC[C@@H](NC(=O)OC(C)(C)C)C(N)=O. The minimum absolute atomic E-state index is 0.00338. The topological polar surface area (TPSA) is 108 Å². The Morgan fingerprint density at radius 1 is 1.25 bits per heavy atom. The van der Waals surface area contributed by atoms with Crippen LogP contribution in [-0.4, -0.2) is 36.2 Å². The lowest BCUT2D eigenvalue weighted by Gasteiger charge is -2.22. The number of hydrogen-bond donors (Lipinski definition) is 2. The average Bonchev–Trinajstić information content (AvgIpc) is 2.29. The Kier molecular flexibility index (Phi) is 7.64. The van der Waals surface area contributed by atoms with Crippen molar-refractivity contribution in [3.8, 4) is 0 Å². The van der Waals surface area contributed by atoms with Crippen molar-refractivity contribution in [2.45, 2.75) is 58.6 Å². The summed E-state index contributed by atoms with van der Waals surface area (Å²) in [5, 5.41) is 2.34. The summed E-state index contributed by atoms with van der Waals surface area (Å²) in [7, 11) is 0. The van der Waals surface area contributed by atoms with E-state index >= 15 is 0 Å². The Bertz CT molecular complexity index is 349. The Balaban J connectivity index is 4.27. The molecule has 0 spiro atoms. The first-order chi connectivity index (χ1) is 9.15. The lowest BCUT2D eigenvalue weighted by Crippen LogP contribution is -2.46. The second-order valence-electron chi connectivity index (χ2n) is 5.36. The predicted octanol–water partition coefficient (Wildman–Crippen LogP) is 1.10. The number of rotatable bonds is 7. The lowest BCUT2D eigenvalue weighted by molar-refractivity contribution is -0.143. The number of carbonyl (C=O) groups is 3. The lowest BCUT2D eigenvalue weighted by atomic mass is 10.1. The van der Waals surface area contributed by atoms with Crippen LogP contribution in [0, 0.1) is 0 Å². The first-order valence-electron chi connectivity index (χ1n) is 6.60. The number of esters is 1. The zero-order valence-corrected chi connectivity index (χ0v) is 12.5.